The molecule has 2 aromatic rings. The van der Waals surface area contributed by atoms with Crippen LogP contribution in [0.5, 0.6) is 17.2 Å². The normalized spacial score (nSPS) is 14.3. The van der Waals surface area contributed by atoms with Crippen molar-refractivity contribution in [2.45, 2.75) is 0 Å². The molecule has 0 unspecified atom stereocenters. The zero-order chi connectivity index (χ0) is 21.5. The smallest absolute Gasteiger partial charge is 0.254 e. The van der Waals surface area contributed by atoms with E-state index in [9.17, 15) is 9.59 Å². The summed E-state index contributed by atoms with van der Waals surface area (Å²) in [6.07, 6.45) is 0. The van der Waals surface area contributed by atoms with E-state index in [-0.39, 0.29) is 11.8 Å². The third-order valence-corrected chi connectivity index (χ3v) is 5.75. The molecule has 30 heavy (non-hydrogen) atoms. The fraction of sp³-hybridized carbons (Fsp3) is 0.429. The van der Waals surface area contributed by atoms with Crippen molar-refractivity contribution in [3.8, 4) is 17.2 Å². The first-order valence-electron chi connectivity index (χ1n) is 9.69. The molecule has 8 nitrogen and oxygen atoms in total. The van der Waals surface area contributed by atoms with Gasteiger partial charge in [-0.05, 0) is 23.6 Å². The molecule has 1 aromatic heterocycles. The predicted molar refractivity (Wildman–Crippen MR) is 115 cm³/mol. The number of methoxy groups -OCH3 is 3. The van der Waals surface area contributed by atoms with Crippen LogP contribution in [0.4, 0.5) is 0 Å². The molecule has 9 heteroatoms. The van der Waals surface area contributed by atoms with Gasteiger partial charge in [-0.3, -0.25) is 14.5 Å². The molecule has 0 bridgehead atoms. The minimum Gasteiger partial charge on any atom is -0.493 e. The molecule has 0 aliphatic carbocycles. The average Bonchev–Trinajstić information content (AvgIpc) is 3.33. The maximum absolute atomic E-state index is 13.0. The summed E-state index contributed by atoms with van der Waals surface area (Å²) < 4.78 is 16.0. The highest BCUT2D eigenvalue weighted by atomic mass is 32.1. The Morgan fingerprint density at radius 3 is 2.20 bits per heavy atom. The van der Waals surface area contributed by atoms with Gasteiger partial charge in [0, 0.05) is 55.8 Å². The van der Waals surface area contributed by atoms with E-state index in [1.54, 1.807) is 12.1 Å². The number of ether oxygens (including phenoxy) is 3. The maximum Gasteiger partial charge on any atom is 0.254 e. The van der Waals surface area contributed by atoms with E-state index in [1.807, 2.05) is 21.7 Å². The molecule has 162 valence electrons. The van der Waals surface area contributed by atoms with Crippen molar-refractivity contribution >= 4 is 23.2 Å². The quantitative estimate of drug-likeness (QED) is 0.686. The van der Waals surface area contributed by atoms with Crippen LogP contribution in [-0.4, -0.2) is 82.2 Å². The molecule has 1 aliphatic heterocycles. The lowest BCUT2D eigenvalue weighted by Gasteiger charge is -2.34. The summed E-state index contributed by atoms with van der Waals surface area (Å²) in [5.74, 6) is 1.26. The van der Waals surface area contributed by atoms with Gasteiger partial charge in [-0.2, -0.15) is 11.3 Å². The number of benzene rings is 1. The van der Waals surface area contributed by atoms with Crippen molar-refractivity contribution in [2.75, 3.05) is 60.6 Å². The van der Waals surface area contributed by atoms with Crippen molar-refractivity contribution in [1.29, 1.82) is 0 Å². The summed E-state index contributed by atoms with van der Waals surface area (Å²) in [6.45, 7) is 4.08. The van der Waals surface area contributed by atoms with Crippen molar-refractivity contribution < 1.29 is 23.8 Å². The van der Waals surface area contributed by atoms with Crippen LogP contribution in [0.25, 0.3) is 0 Å². The largest absolute Gasteiger partial charge is 0.493 e. The first-order valence-corrected chi connectivity index (χ1v) is 10.6. The monoisotopic (exact) mass is 433 g/mol. The molecule has 1 aliphatic rings. The number of carbonyl (C=O) groups is 2. The van der Waals surface area contributed by atoms with E-state index in [4.69, 9.17) is 14.2 Å². The Morgan fingerprint density at radius 1 is 1.00 bits per heavy atom. The zero-order valence-corrected chi connectivity index (χ0v) is 18.3. The Labute approximate surface area is 180 Å². The Bertz CT molecular complexity index is 839. The molecule has 1 N–H and O–H groups in total. The van der Waals surface area contributed by atoms with Gasteiger partial charge in [0.2, 0.25) is 5.75 Å². The number of rotatable bonds is 8. The van der Waals surface area contributed by atoms with Crippen molar-refractivity contribution in [3.63, 3.8) is 0 Å². The van der Waals surface area contributed by atoms with Crippen LogP contribution in [0, 0.1) is 0 Å². The molecule has 0 saturated carbocycles. The lowest BCUT2D eigenvalue weighted by Crippen LogP contribution is -2.50. The van der Waals surface area contributed by atoms with E-state index in [2.05, 4.69) is 10.2 Å². The summed E-state index contributed by atoms with van der Waals surface area (Å²) in [6, 6.07) is 5.17. The maximum atomic E-state index is 13.0. The number of thiophene rings is 1. The first-order chi connectivity index (χ1) is 14.6. The van der Waals surface area contributed by atoms with E-state index < -0.39 is 0 Å². The number of carbonyl (C=O) groups excluding carboxylic acids is 2. The fourth-order valence-corrected chi connectivity index (χ4v) is 4.02. The fourth-order valence-electron chi connectivity index (χ4n) is 3.38. The molecule has 1 fully saturated rings. The summed E-state index contributed by atoms with van der Waals surface area (Å²) in [5.41, 5.74) is 1.20. The Kier molecular flexibility index (Phi) is 7.53. The van der Waals surface area contributed by atoms with Gasteiger partial charge in [0.05, 0.1) is 21.3 Å². The number of amides is 2. The second-order valence-electron chi connectivity index (χ2n) is 6.82. The van der Waals surface area contributed by atoms with Crippen molar-refractivity contribution in [3.05, 3.63) is 40.1 Å². The highest BCUT2D eigenvalue weighted by Gasteiger charge is 2.24. The summed E-state index contributed by atoms with van der Waals surface area (Å²) in [4.78, 5) is 29.0. The van der Waals surface area contributed by atoms with Crippen molar-refractivity contribution in [2.24, 2.45) is 0 Å². The summed E-state index contributed by atoms with van der Waals surface area (Å²) >= 11 is 1.51. The lowest BCUT2D eigenvalue weighted by molar-refractivity contribution is 0.0637. The van der Waals surface area contributed by atoms with E-state index in [0.29, 0.717) is 48.0 Å². The average molecular weight is 434 g/mol. The van der Waals surface area contributed by atoms with E-state index in [0.717, 1.165) is 19.6 Å². The molecule has 3 rings (SSSR count). The van der Waals surface area contributed by atoms with Gasteiger partial charge in [-0.1, -0.05) is 0 Å². The number of hydrogen-bond donors (Lipinski definition) is 1. The van der Waals surface area contributed by atoms with Gasteiger partial charge in [-0.15, -0.1) is 0 Å². The topological polar surface area (TPSA) is 80.3 Å². The number of nitrogens with zero attached hydrogens (tertiary/aromatic N) is 2. The number of hydrogen-bond acceptors (Lipinski definition) is 7. The third-order valence-electron chi connectivity index (χ3n) is 5.07. The third kappa shape index (κ3) is 5.03. The molecule has 1 saturated heterocycles. The Hall–Kier alpha value is -2.78. The minimum absolute atomic E-state index is 0.0486. The molecule has 1 aromatic carbocycles. The van der Waals surface area contributed by atoms with Gasteiger partial charge < -0.3 is 24.4 Å². The van der Waals surface area contributed by atoms with Gasteiger partial charge >= 0.3 is 0 Å². The lowest BCUT2D eigenvalue weighted by atomic mass is 10.1. The standard InChI is InChI=1S/C21H27N3O5S/c1-27-17-12-16(13-18(28-2)19(17)29-3)21(26)24-9-7-23(8-10-24)6-5-22-20(25)15-4-11-30-14-15/h4,11-14H,5-10H2,1-3H3,(H,22,25). The molecule has 0 atom stereocenters. The van der Waals surface area contributed by atoms with Crippen LogP contribution in [0.15, 0.2) is 29.0 Å². The molecule has 2 heterocycles. The van der Waals surface area contributed by atoms with Crippen LogP contribution < -0.4 is 19.5 Å². The first kappa shape index (κ1) is 21.9. The molecule has 2 amide bonds. The van der Waals surface area contributed by atoms with Gasteiger partial charge in [0.1, 0.15) is 0 Å². The number of piperazine rings is 1. The molecule has 0 radical (unpaired) electrons. The van der Waals surface area contributed by atoms with Gasteiger partial charge in [0.25, 0.3) is 11.8 Å². The Balaban J connectivity index is 1.52. The van der Waals surface area contributed by atoms with E-state index >= 15 is 0 Å². The highest BCUT2D eigenvalue weighted by Crippen LogP contribution is 2.38. The molecular formula is C21H27N3O5S. The van der Waals surface area contributed by atoms with Crippen LogP contribution >= 0.6 is 11.3 Å². The SMILES string of the molecule is COc1cc(C(=O)N2CCN(CCNC(=O)c3ccsc3)CC2)cc(OC)c1OC. The van der Waals surface area contributed by atoms with Crippen LogP contribution in [0.3, 0.4) is 0 Å². The van der Waals surface area contributed by atoms with E-state index in [1.165, 1.54) is 32.7 Å². The minimum atomic E-state index is -0.0698. The second-order valence-corrected chi connectivity index (χ2v) is 7.60. The van der Waals surface area contributed by atoms with Crippen LogP contribution in [-0.2, 0) is 0 Å². The van der Waals surface area contributed by atoms with Gasteiger partial charge in [0.15, 0.2) is 11.5 Å². The highest BCUT2D eigenvalue weighted by molar-refractivity contribution is 7.08. The van der Waals surface area contributed by atoms with Crippen molar-refractivity contribution in [1.82, 2.24) is 15.1 Å². The summed E-state index contributed by atoms with van der Waals surface area (Å²) in [5, 5.41) is 6.66. The van der Waals surface area contributed by atoms with Crippen LogP contribution in [0.2, 0.25) is 0 Å². The zero-order valence-electron chi connectivity index (χ0n) is 17.5. The van der Waals surface area contributed by atoms with Crippen LogP contribution in [0.1, 0.15) is 20.7 Å². The molecule has 0 spiro atoms. The predicted octanol–water partition coefficient (Wildman–Crippen LogP) is 1.96. The Morgan fingerprint density at radius 2 is 1.67 bits per heavy atom. The second kappa shape index (κ2) is 10.3. The molecular weight excluding hydrogens is 406 g/mol. The number of nitrogens with one attached hydrogen (secondary N) is 1. The summed E-state index contributed by atoms with van der Waals surface area (Å²) in [7, 11) is 4.59. The van der Waals surface area contributed by atoms with Gasteiger partial charge in [-0.25, -0.2) is 0 Å².